The fraction of sp³-hybridized carbons (Fsp3) is 0.364. The number of benzene rings is 2. The van der Waals surface area contributed by atoms with E-state index in [0.29, 0.717) is 38.2 Å². The van der Waals surface area contributed by atoms with Crippen LogP contribution in [0.15, 0.2) is 48.5 Å². The van der Waals surface area contributed by atoms with Crippen molar-refractivity contribution >= 4 is 17.6 Å². The molecule has 0 atom stereocenters. The second-order valence-electron chi connectivity index (χ2n) is 7.11. The molecule has 1 heterocycles. The molecule has 0 aliphatic carbocycles. The summed E-state index contributed by atoms with van der Waals surface area (Å²) in [6.45, 7) is 3.14. The number of aryl methyl sites for hydroxylation is 2. The maximum atomic E-state index is 13.3. The fourth-order valence-corrected chi connectivity index (χ4v) is 3.55. The first-order valence-corrected chi connectivity index (χ1v) is 9.27. The van der Waals surface area contributed by atoms with Gasteiger partial charge >= 0.3 is 5.97 Å². The van der Waals surface area contributed by atoms with Crippen LogP contribution in [-0.2, 0) is 26.2 Å². The molecule has 2 aromatic rings. The second kappa shape index (κ2) is 8.35. The molecule has 0 radical (unpaired) electrons. The molecule has 2 N–H and O–H groups in total. The van der Waals surface area contributed by atoms with Gasteiger partial charge < -0.3 is 15.2 Å². The molecular weight excluding hydrogens is 342 g/mol. The van der Waals surface area contributed by atoms with Crippen LogP contribution < -0.4 is 5.32 Å². The van der Waals surface area contributed by atoms with E-state index in [-0.39, 0.29) is 12.3 Å². The summed E-state index contributed by atoms with van der Waals surface area (Å²) in [5.74, 6) is -0.866. The summed E-state index contributed by atoms with van der Waals surface area (Å²) in [5.41, 5.74) is 3.15. The van der Waals surface area contributed by atoms with Crippen molar-refractivity contribution in [1.29, 1.82) is 0 Å². The van der Waals surface area contributed by atoms with Gasteiger partial charge in [0.1, 0.15) is 0 Å². The zero-order valence-corrected chi connectivity index (χ0v) is 15.5. The van der Waals surface area contributed by atoms with E-state index in [4.69, 9.17) is 9.84 Å². The fourth-order valence-electron chi connectivity index (χ4n) is 3.55. The van der Waals surface area contributed by atoms with E-state index in [9.17, 15) is 9.59 Å². The molecule has 0 aromatic heterocycles. The molecule has 3 rings (SSSR count). The third kappa shape index (κ3) is 4.55. The lowest BCUT2D eigenvalue weighted by Crippen LogP contribution is -2.44. The SMILES string of the molecule is Cc1ccc(C2(C(=O)Nc3cccc(CCC(=O)O)c3)CCOCC2)cc1. The van der Waals surface area contributed by atoms with Crippen molar-refractivity contribution < 1.29 is 19.4 Å². The lowest BCUT2D eigenvalue weighted by atomic mass is 9.73. The van der Waals surface area contributed by atoms with Crippen molar-refractivity contribution in [3.63, 3.8) is 0 Å². The van der Waals surface area contributed by atoms with Crippen molar-refractivity contribution in [2.75, 3.05) is 18.5 Å². The molecule has 1 aliphatic heterocycles. The molecule has 5 nitrogen and oxygen atoms in total. The van der Waals surface area contributed by atoms with Gasteiger partial charge in [-0.25, -0.2) is 0 Å². The Morgan fingerprint density at radius 3 is 2.48 bits per heavy atom. The van der Waals surface area contributed by atoms with Crippen LogP contribution in [-0.4, -0.2) is 30.2 Å². The molecule has 0 bridgehead atoms. The van der Waals surface area contributed by atoms with Gasteiger partial charge in [0.25, 0.3) is 0 Å². The first-order chi connectivity index (χ1) is 13.0. The minimum atomic E-state index is -0.829. The monoisotopic (exact) mass is 367 g/mol. The van der Waals surface area contributed by atoms with Crippen molar-refractivity contribution in [1.82, 2.24) is 0 Å². The van der Waals surface area contributed by atoms with E-state index in [0.717, 1.165) is 16.7 Å². The molecule has 2 aromatic carbocycles. The maximum absolute atomic E-state index is 13.3. The predicted octanol–water partition coefficient (Wildman–Crippen LogP) is 3.70. The summed E-state index contributed by atoms with van der Waals surface area (Å²) in [4.78, 5) is 24.1. The highest BCUT2D eigenvalue weighted by molar-refractivity contribution is 5.99. The number of carboxylic acids is 1. The Morgan fingerprint density at radius 2 is 1.81 bits per heavy atom. The molecule has 0 spiro atoms. The summed E-state index contributed by atoms with van der Waals surface area (Å²) < 4.78 is 5.51. The van der Waals surface area contributed by atoms with E-state index in [1.54, 1.807) is 0 Å². The smallest absolute Gasteiger partial charge is 0.303 e. The summed E-state index contributed by atoms with van der Waals surface area (Å²) in [6, 6.07) is 15.5. The zero-order chi connectivity index (χ0) is 19.3. The second-order valence-corrected chi connectivity index (χ2v) is 7.11. The third-order valence-electron chi connectivity index (χ3n) is 5.20. The van der Waals surface area contributed by atoms with Crippen molar-refractivity contribution in [3.8, 4) is 0 Å². The van der Waals surface area contributed by atoms with Crippen molar-refractivity contribution in [2.24, 2.45) is 0 Å². The lowest BCUT2D eigenvalue weighted by molar-refractivity contribution is -0.137. The molecule has 1 fully saturated rings. The van der Waals surface area contributed by atoms with E-state index in [1.807, 2.05) is 55.5 Å². The van der Waals surface area contributed by atoms with Crippen LogP contribution in [0.3, 0.4) is 0 Å². The summed E-state index contributed by atoms with van der Waals surface area (Å²) in [6.07, 6.45) is 1.79. The van der Waals surface area contributed by atoms with E-state index >= 15 is 0 Å². The van der Waals surface area contributed by atoms with E-state index < -0.39 is 11.4 Å². The first-order valence-electron chi connectivity index (χ1n) is 9.27. The Balaban J connectivity index is 1.82. The van der Waals surface area contributed by atoms with Crippen LogP contribution in [0.5, 0.6) is 0 Å². The van der Waals surface area contributed by atoms with Gasteiger partial charge in [-0.1, -0.05) is 42.0 Å². The highest BCUT2D eigenvalue weighted by atomic mass is 16.5. The number of anilines is 1. The van der Waals surface area contributed by atoms with Crippen molar-refractivity contribution in [3.05, 3.63) is 65.2 Å². The van der Waals surface area contributed by atoms with Crippen LogP contribution in [0.4, 0.5) is 5.69 Å². The minimum absolute atomic E-state index is 0.0370. The van der Waals surface area contributed by atoms with Crippen LogP contribution in [0.1, 0.15) is 36.0 Å². The standard InChI is InChI=1S/C22H25NO4/c1-16-5-8-18(9-6-16)22(11-13-27-14-12-22)21(26)23-19-4-2-3-17(15-19)7-10-20(24)25/h2-6,8-9,15H,7,10-14H2,1H3,(H,23,26)(H,24,25). The number of aliphatic carboxylic acids is 1. The molecule has 1 saturated heterocycles. The number of amides is 1. The highest BCUT2D eigenvalue weighted by Gasteiger charge is 2.41. The lowest BCUT2D eigenvalue weighted by Gasteiger charge is -2.36. The van der Waals surface area contributed by atoms with Crippen molar-refractivity contribution in [2.45, 2.75) is 38.0 Å². The summed E-state index contributed by atoms with van der Waals surface area (Å²) in [5, 5.41) is 11.9. The average Bonchev–Trinajstić information content (AvgIpc) is 2.68. The molecule has 1 aliphatic rings. The molecule has 0 saturated carbocycles. The molecular formula is C22H25NO4. The Morgan fingerprint density at radius 1 is 1.11 bits per heavy atom. The first kappa shape index (κ1) is 19.1. The van der Waals surface area contributed by atoms with Gasteiger partial charge in [0.05, 0.1) is 5.41 Å². The number of carbonyl (C=O) groups is 2. The van der Waals surface area contributed by atoms with Gasteiger partial charge in [-0.05, 0) is 49.4 Å². The van der Waals surface area contributed by atoms with Crippen LogP contribution in [0.2, 0.25) is 0 Å². The van der Waals surface area contributed by atoms with Gasteiger partial charge in [0.15, 0.2) is 0 Å². The normalized spacial score (nSPS) is 15.9. The quantitative estimate of drug-likeness (QED) is 0.816. The van der Waals surface area contributed by atoms with Gasteiger partial charge in [-0.15, -0.1) is 0 Å². The number of carboxylic acid groups (broad SMARTS) is 1. The summed E-state index contributed by atoms with van der Waals surface area (Å²) >= 11 is 0. The largest absolute Gasteiger partial charge is 0.481 e. The maximum Gasteiger partial charge on any atom is 0.303 e. The Hall–Kier alpha value is -2.66. The number of rotatable bonds is 6. The Kier molecular flexibility index (Phi) is 5.91. The predicted molar refractivity (Wildman–Crippen MR) is 104 cm³/mol. The van der Waals surface area contributed by atoms with Gasteiger partial charge in [0.2, 0.25) is 5.91 Å². The number of hydrogen-bond donors (Lipinski definition) is 2. The average molecular weight is 367 g/mol. The number of hydrogen-bond acceptors (Lipinski definition) is 3. The molecule has 0 unspecified atom stereocenters. The Labute approximate surface area is 159 Å². The number of ether oxygens (including phenoxy) is 1. The third-order valence-corrected chi connectivity index (χ3v) is 5.20. The molecule has 142 valence electrons. The van der Waals surface area contributed by atoms with Gasteiger partial charge in [-0.3, -0.25) is 9.59 Å². The van der Waals surface area contributed by atoms with Gasteiger partial charge in [-0.2, -0.15) is 0 Å². The number of nitrogens with one attached hydrogen (secondary N) is 1. The van der Waals surface area contributed by atoms with E-state index in [1.165, 1.54) is 0 Å². The summed E-state index contributed by atoms with van der Waals surface area (Å²) in [7, 11) is 0. The van der Waals surface area contributed by atoms with Crippen LogP contribution in [0.25, 0.3) is 0 Å². The topological polar surface area (TPSA) is 75.6 Å². The molecule has 1 amide bonds. The van der Waals surface area contributed by atoms with Gasteiger partial charge in [0, 0.05) is 25.3 Å². The van der Waals surface area contributed by atoms with Crippen LogP contribution in [0, 0.1) is 6.92 Å². The highest BCUT2D eigenvalue weighted by Crippen LogP contribution is 2.36. The minimum Gasteiger partial charge on any atom is -0.481 e. The van der Waals surface area contributed by atoms with Crippen LogP contribution >= 0.6 is 0 Å². The zero-order valence-electron chi connectivity index (χ0n) is 15.5. The Bertz CT molecular complexity index is 807. The molecule has 27 heavy (non-hydrogen) atoms. The molecule has 5 heteroatoms. The van der Waals surface area contributed by atoms with E-state index in [2.05, 4.69) is 5.32 Å². The number of carbonyl (C=O) groups excluding carboxylic acids is 1.